The maximum atomic E-state index is 13.6. The first-order valence-electron chi connectivity index (χ1n) is 6.13. The average molecular weight is 293 g/mol. The lowest BCUT2D eigenvalue weighted by Crippen LogP contribution is -2.00. The Labute approximate surface area is 122 Å². The molecule has 0 saturated heterocycles. The van der Waals surface area contributed by atoms with Gasteiger partial charge in [0.2, 0.25) is 0 Å². The summed E-state index contributed by atoms with van der Waals surface area (Å²) in [6.07, 6.45) is 0. The first-order valence-corrected chi connectivity index (χ1v) is 6.51. The van der Waals surface area contributed by atoms with Crippen LogP contribution >= 0.6 is 11.6 Å². The van der Waals surface area contributed by atoms with Gasteiger partial charge in [0.05, 0.1) is 5.56 Å². The van der Waals surface area contributed by atoms with Gasteiger partial charge in [-0.2, -0.15) is 0 Å². The van der Waals surface area contributed by atoms with Crippen LogP contribution in [0.5, 0.6) is 11.5 Å². The molecule has 0 aromatic heterocycles. The maximum absolute atomic E-state index is 13.6. The highest BCUT2D eigenvalue weighted by atomic mass is 35.5. The predicted octanol–water partition coefficient (Wildman–Crippen LogP) is 5.09. The van der Waals surface area contributed by atoms with Crippen molar-refractivity contribution in [1.29, 1.82) is 0 Å². The molecule has 0 saturated carbocycles. The van der Waals surface area contributed by atoms with Crippen molar-refractivity contribution in [2.45, 2.75) is 20.8 Å². The second kappa shape index (κ2) is 5.63. The summed E-state index contributed by atoms with van der Waals surface area (Å²) >= 11 is 5.93. The van der Waals surface area contributed by atoms with Crippen molar-refractivity contribution >= 4 is 17.4 Å². The molecule has 0 aliphatic rings. The van der Waals surface area contributed by atoms with E-state index in [9.17, 15) is 9.18 Å². The van der Waals surface area contributed by atoms with Crippen molar-refractivity contribution in [3.63, 3.8) is 0 Å². The molecule has 0 aliphatic heterocycles. The molecule has 0 bridgehead atoms. The zero-order valence-corrected chi connectivity index (χ0v) is 12.2. The van der Waals surface area contributed by atoms with Gasteiger partial charge >= 0.3 is 0 Å². The number of ketones is 1. The highest BCUT2D eigenvalue weighted by Gasteiger charge is 2.14. The average Bonchev–Trinajstić information content (AvgIpc) is 2.37. The van der Waals surface area contributed by atoms with Crippen LogP contribution in [0.3, 0.4) is 0 Å². The van der Waals surface area contributed by atoms with Gasteiger partial charge in [-0.1, -0.05) is 17.7 Å². The fraction of sp³-hybridized carbons (Fsp3) is 0.188. The zero-order chi connectivity index (χ0) is 14.9. The smallest absolute Gasteiger partial charge is 0.163 e. The van der Waals surface area contributed by atoms with E-state index in [-0.39, 0.29) is 11.3 Å². The predicted molar refractivity (Wildman–Crippen MR) is 77.4 cm³/mol. The van der Waals surface area contributed by atoms with Gasteiger partial charge in [-0.3, -0.25) is 4.79 Å². The van der Waals surface area contributed by atoms with Crippen LogP contribution in [0.1, 0.15) is 28.4 Å². The topological polar surface area (TPSA) is 26.3 Å². The van der Waals surface area contributed by atoms with E-state index in [1.807, 2.05) is 13.0 Å². The number of halogens is 2. The summed E-state index contributed by atoms with van der Waals surface area (Å²) in [6, 6.07) is 7.96. The molecular formula is C16H14ClFO2. The lowest BCUT2D eigenvalue weighted by atomic mass is 10.1. The van der Waals surface area contributed by atoms with E-state index in [0.29, 0.717) is 22.1 Å². The largest absolute Gasteiger partial charge is 0.456 e. The minimum Gasteiger partial charge on any atom is -0.456 e. The SMILES string of the molecule is CC(=O)c1cc(F)c(C)cc1Oc1cc(Cl)ccc1C. The van der Waals surface area contributed by atoms with E-state index in [2.05, 4.69) is 0 Å². The summed E-state index contributed by atoms with van der Waals surface area (Å²) in [5, 5.41) is 0.536. The minimum absolute atomic E-state index is 0.215. The molecule has 4 heteroatoms. The maximum Gasteiger partial charge on any atom is 0.163 e. The highest BCUT2D eigenvalue weighted by Crippen LogP contribution is 2.31. The quantitative estimate of drug-likeness (QED) is 0.736. The molecule has 0 amide bonds. The number of rotatable bonds is 3. The monoisotopic (exact) mass is 292 g/mol. The van der Waals surface area contributed by atoms with E-state index in [1.54, 1.807) is 19.1 Å². The third-order valence-corrected chi connectivity index (χ3v) is 3.25. The summed E-state index contributed by atoms with van der Waals surface area (Å²) in [7, 11) is 0. The molecule has 0 radical (unpaired) electrons. The van der Waals surface area contributed by atoms with Crippen LogP contribution in [0, 0.1) is 19.7 Å². The van der Waals surface area contributed by atoms with Gasteiger partial charge in [-0.25, -0.2) is 4.39 Å². The van der Waals surface area contributed by atoms with Crippen molar-refractivity contribution in [1.82, 2.24) is 0 Å². The molecular weight excluding hydrogens is 279 g/mol. The van der Waals surface area contributed by atoms with Crippen LogP contribution in [0.25, 0.3) is 0 Å². The Morgan fingerprint density at radius 2 is 1.80 bits per heavy atom. The number of ether oxygens (including phenoxy) is 1. The molecule has 104 valence electrons. The Kier molecular flexibility index (Phi) is 4.09. The van der Waals surface area contributed by atoms with Gasteiger partial charge in [0.1, 0.15) is 17.3 Å². The van der Waals surface area contributed by atoms with Crippen LogP contribution in [-0.4, -0.2) is 5.78 Å². The van der Waals surface area contributed by atoms with E-state index in [1.165, 1.54) is 19.1 Å². The number of Topliss-reactive ketones (excluding diaryl/α,β-unsaturated/α-hetero) is 1. The minimum atomic E-state index is -0.426. The summed E-state index contributed by atoms with van der Waals surface area (Å²) in [5.74, 6) is 0.205. The lowest BCUT2D eigenvalue weighted by molar-refractivity contribution is 0.101. The normalized spacial score (nSPS) is 10.4. The first kappa shape index (κ1) is 14.5. The van der Waals surface area contributed by atoms with Gasteiger partial charge in [-0.05, 0) is 56.2 Å². The fourth-order valence-corrected chi connectivity index (χ4v) is 1.98. The Bertz CT molecular complexity index is 680. The van der Waals surface area contributed by atoms with Gasteiger partial charge in [-0.15, -0.1) is 0 Å². The van der Waals surface area contributed by atoms with E-state index in [0.717, 1.165) is 5.56 Å². The number of benzene rings is 2. The molecule has 0 spiro atoms. The standard InChI is InChI=1S/C16H14ClFO2/c1-9-4-5-12(17)7-15(9)20-16-6-10(2)14(18)8-13(16)11(3)19/h4-8H,1-3H3. The van der Waals surface area contributed by atoms with Crippen LogP contribution in [-0.2, 0) is 0 Å². The third-order valence-electron chi connectivity index (χ3n) is 3.01. The Morgan fingerprint density at radius 3 is 2.45 bits per heavy atom. The lowest BCUT2D eigenvalue weighted by Gasteiger charge is -2.13. The summed E-state index contributed by atoms with van der Waals surface area (Å²) in [4.78, 5) is 11.6. The molecule has 2 nitrogen and oxygen atoms in total. The molecule has 0 heterocycles. The molecule has 0 N–H and O–H groups in total. The number of hydrogen-bond acceptors (Lipinski definition) is 2. The van der Waals surface area contributed by atoms with Crippen molar-refractivity contribution in [2.24, 2.45) is 0 Å². The van der Waals surface area contributed by atoms with E-state index >= 15 is 0 Å². The second-order valence-electron chi connectivity index (χ2n) is 4.67. The zero-order valence-electron chi connectivity index (χ0n) is 11.5. The highest BCUT2D eigenvalue weighted by molar-refractivity contribution is 6.30. The summed E-state index contributed by atoms with van der Waals surface area (Å²) in [5.41, 5.74) is 1.52. The second-order valence-corrected chi connectivity index (χ2v) is 5.10. The van der Waals surface area contributed by atoms with E-state index in [4.69, 9.17) is 16.3 Å². The molecule has 0 unspecified atom stereocenters. The van der Waals surface area contributed by atoms with Gasteiger partial charge in [0, 0.05) is 5.02 Å². The molecule has 0 atom stereocenters. The van der Waals surface area contributed by atoms with Crippen molar-refractivity contribution in [3.8, 4) is 11.5 Å². The third kappa shape index (κ3) is 2.99. The van der Waals surface area contributed by atoms with E-state index < -0.39 is 5.82 Å². The summed E-state index contributed by atoms with van der Waals surface area (Å²) in [6.45, 7) is 4.87. The molecule has 20 heavy (non-hydrogen) atoms. The van der Waals surface area contributed by atoms with Crippen molar-refractivity contribution in [2.75, 3.05) is 0 Å². The Morgan fingerprint density at radius 1 is 1.10 bits per heavy atom. The van der Waals surface area contributed by atoms with Crippen LogP contribution in [0.15, 0.2) is 30.3 Å². The first-order chi connectivity index (χ1) is 9.38. The van der Waals surface area contributed by atoms with Crippen molar-refractivity contribution < 1.29 is 13.9 Å². The fourth-order valence-electron chi connectivity index (χ4n) is 1.82. The molecule has 2 aromatic rings. The Balaban J connectivity index is 2.50. The van der Waals surface area contributed by atoms with Gasteiger partial charge in [0.25, 0.3) is 0 Å². The van der Waals surface area contributed by atoms with Crippen LogP contribution in [0.2, 0.25) is 5.02 Å². The molecule has 2 aromatic carbocycles. The number of aryl methyl sites for hydroxylation is 2. The number of hydrogen-bond donors (Lipinski definition) is 0. The van der Waals surface area contributed by atoms with Crippen LogP contribution in [0.4, 0.5) is 4.39 Å². The number of carbonyl (C=O) groups is 1. The number of carbonyl (C=O) groups excluding carboxylic acids is 1. The Hall–Kier alpha value is -1.87. The summed E-state index contributed by atoms with van der Waals surface area (Å²) < 4.78 is 19.3. The molecule has 2 rings (SSSR count). The van der Waals surface area contributed by atoms with Gasteiger partial charge < -0.3 is 4.74 Å². The molecule has 0 fully saturated rings. The molecule has 0 aliphatic carbocycles. The van der Waals surface area contributed by atoms with Gasteiger partial charge in [0.15, 0.2) is 5.78 Å². The van der Waals surface area contributed by atoms with Crippen molar-refractivity contribution in [3.05, 3.63) is 57.9 Å². The van der Waals surface area contributed by atoms with Crippen LogP contribution < -0.4 is 4.74 Å².